The van der Waals surface area contributed by atoms with Crippen molar-refractivity contribution in [1.82, 2.24) is 0 Å². The van der Waals surface area contributed by atoms with Crippen LogP contribution in [0.1, 0.15) is 92.0 Å². The highest BCUT2D eigenvalue weighted by atomic mass is 16.6. The molecule has 52 heavy (non-hydrogen) atoms. The highest BCUT2D eigenvalue weighted by Gasteiger charge is 2.37. The molecule has 0 saturated carbocycles. The summed E-state index contributed by atoms with van der Waals surface area (Å²) in [5.41, 5.74) is 4.50. The van der Waals surface area contributed by atoms with Gasteiger partial charge in [0.1, 0.15) is 18.8 Å². The van der Waals surface area contributed by atoms with E-state index in [2.05, 4.69) is 91.0 Å². The Morgan fingerprint density at radius 3 is 1.13 bits per heavy atom. The lowest BCUT2D eigenvalue weighted by atomic mass is 9.80. The van der Waals surface area contributed by atoms with Gasteiger partial charge in [0.2, 0.25) is 0 Å². The number of rotatable bonds is 22. The van der Waals surface area contributed by atoms with Crippen molar-refractivity contribution in [3.63, 3.8) is 0 Å². The summed E-state index contributed by atoms with van der Waals surface area (Å²) in [4.78, 5) is 26.0. The normalized spacial score (nSPS) is 11.3. The first-order valence-corrected chi connectivity index (χ1v) is 18.9. The standard InChI is InChI=1S/C47H52O5/c48-45(50-37-39-25-13-8-14-26-39)44(46(49)51-38-40-27-15-9-16-28-40)35-23-6-4-2-1-3-5-7-24-36-52-47(41-29-17-10-18-30-41,42-31-19-11-20-32-42)43-33-21-12-22-34-43/h8-22,25-34,44H,1-7,23-24,35-38H2. The van der Waals surface area contributed by atoms with E-state index in [9.17, 15) is 9.59 Å². The Hall–Kier alpha value is -5.00. The molecule has 5 rings (SSSR count). The highest BCUT2D eigenvalue weighted by Crippen LogP contribution is 2.40. The molecule has 5 nitrogen and oxygen atoms in total. The Kier molecular flexibility index (Phi) is 15.7. The Balaban J connectivity index is 1.02. The zero-order valence-electron chi connectivity index (χ0n) is 30.2. The lowest BCUT2D eigenvalue weighted by Gasteiger charge is -2.36. The first kappa shape index (κ1) is 38.2. The molecule has 0 fully saturated rings. The van der Waals surface area contributed by atoms with Crippen molar-refractivity contribution in [1.29, 1.82) is 0 Å². The second-order valence-electron chi connectivity index (χ2n) is 13.3. The van der Waals surface area contributed by atoms with Gasteiger partial charge in [-0.1, -0.05) is 203 Å². The molecule has 0 spiro atoms. The predicted molar refractivity (Wildman–Crippen MR) is 207 cm³/mol. The molecule has 0 aliphatic carbocycles. The Morgan fingerprint density at radius 2 is 0.750 bits per heavy atom. The van der Waals surface area contributed by atoms with Crippen LogP contribution in [-0.2, 0) is 42.6 Å². The predicted octanol–water partition coefficient (Wildman–Crippen LogP) is 11.0. The van der Waals surface area contributed by atoms with Gasteiger partial charge in [-0.2, -0.15) is 0 Å². The lowest BCUT2D eigenvalue weighted by molar-refractivity contribution is -0.164. The summed E-state index contributed by atoms with van der Waals surface area (Å²) in [6.07, 6.45) is 10.0. The van der Waals surface area contributed by atoms with E-state index in [1.807, 2.05) is 60.7 Å². The van der Waals surface area contributed by atoms with Gasteiger partial charge in [0.05, 0.1) is 0 Å². The summed E-state index contributed by atoms with van der Waals surface area (Å²) in [5, 5.41) is 0. The van der Waals surface area contributed by atoms with Crippen molar-refractivity contribution in [2.24, 2.45) is 5.92 Å². The number of carbonyl (C=O) groups is 2. The molecule has 0 aliphatic heterocycles. The summed E-state index contributed by atoms with van der Waals surface area (Å²) >= 11 is 0. The van der Waals surface area contributed by atoms with Crippen LogP contribution >= 0.6 is 0 Å². The van der Waals surface area contributed by atoms with E-state index < -0.39 is 23.5 Å². The molecular weight excluding hydrogens is 645 g/mol. The van der Waals surface area contributed by atoms with Crippen molar-refractivity contribution >= 4 is 11.9 Å². The fourth-order valence-corrected chi connectivity index (χ4v) is 6.67. The topological polar surface area (TPSA) is 61.8 Å². The number of hydrogen-bond acceptors (Lipinski definition) is 5. The fraction of sp³-hybridized carbons (Fsp3) is 0.319. The zero-order chi connectivity index (χ0) is 36.1. The quantitative estimate of drug-likeness (QED) is 0.0312. The minimum atomic E-state index is -0.918. The summed E-state index contributed by atoms with van der Waals surface area (Å²) < 4.78 is 18.0. The molecule has 270 valence electrons. The summed E-state index contributed by atoms with van der Waals surface area (Å²) in [6.45, 7) is 0.950. The number of carbonyl (C=O) groups excluding carboxylic acids is 2. The summed E-state index contributed by atoms with van der Waals surface area (Å²) in [6, 6.07) is 50.7. The number of unbranched alkanes of at least 4 members (excludes halogenated alkanes) is 8. The SMILES string of the molecule is O=C(OCc1ccccc1)C(CCCCCCCCCCCOC(c1ccccc1)(c1ccccc1)c1ccccc1)C(=O)OCc1ccccc1. The second kappa shape index (κ2) is 21.4. The second-order valence-corrected chi connectivity index (χ2v) is 13.3. The Labute approximate surface area is 310 Å². The third kappa shape index (κ3) is 11.5. The summed E-state index contributed by atoms with van der Waals surface area (Å²) in [5.74, 6) is -1.95. The van der Waals surface area contributed by atoms with Crippen molar-refractivity contribution in [3.8, 4) is 0 Å². The van der Waals surface area contributed by atoms with Crippen LogP contribution in [0.25, 0.3) is 0 Å². The lowest BCUT2D eigenvalue weighted by Crippen LogP contribution is -2.33. The molecule has 0 aromatic heterocycles. The average molecular weight is 697 g/mol. The van der Waals surface area contributed by atoms with Crippen LogP contribution < -0.4 is 0 Å². The van der Waals surface area contributed by atoms with Crippen LogP contribution in [0.15, 0.2) is 152 Å². The molecule has 0 radical (unpaired) electrons. The van der Waals surface area contributed by atoms with Crippen molar-refractivity contribution in [2.45, 2.75) is 83.0 Å². The Bertz CT molecular complexity index is 1560. The van der Waals surface area contributed by atoms with Crippen molar-refractivity contribution < 1.29 is 23.8 Å². The molecule has 0 atom stereocenters. The van der Waals surface area contributed by atoms with E-state index in [0.29, 0.717) is 13.0 Å². The molecular formula is C47H52O5. The zero-order valence-corrected chi connectivity index (χ0v) is 30.2. The van der Waals surface area contributed by atoms with Gasteiger partial charge < -0.3 is 14.2 Å². The van der Waals surface area contributed by atoms with Crippen LogP contribution in [0.2, 0.25) is 0 Å². The van der Waals surface area contributed by atoms with Gasteiger partial charge in [-0.15, -0.1) is 0 Å². The molecule has 0 saturated heterocycles. The molecule has 0 bridgehead atoms. The first-order valence-electron chi connectivity index (χ1n) is 18.9. The monoisotopic (exact) mass is 696 g/mol. The molecule has 0 unspecified atom stereocenters. The smallest absolute Gasteiger partial charge is 0.320 e. The van der Waals surface area contributed by atoms with Crippen molar-refractivity contribution in [2.75, 3.05) is 6.61 Å². The van der Waals surface area contributed by atoms with Crippen molar-refractivity contribution in [3.05, 3.63) is 179 Å². The van der Waals surface area contributed by atoms with Crippen LogP contribution in [0.3, 0.4) is 0 Å². The largest absolute Gasteiger partial charge is 0.460 e. The molecule has 0 amide bonds. The maximum atomic E-state index is 13.0. The number of ether oxygens (including phenoxy) is 3. The van der Waals surface area contributed by atoms with E-state index >= 15 is 0 Å². The maximum Gasteiger partial charge on any atom is 0.320 e. The van der Waals surface area contributed by atoms with E-state index in [0.717, 1.165) is 66.3 Å². The third-order valence-corrected chi connectivity index (χ3v) is 9.51. The summed E-state index contributed by atoms with van der Waals surface area (Å²) in [7, 11) is 0. The highest BCUT2D eigenvalue weighted by molar-refractivity contribution is 5.94. The van der Waals surface area contributed by atoms with Crippen LogP contribution in [0.5, 0.6) is 0 Å². The third-order valence-electron chi connectivity index (χ3n) is 9.51. The molecule has 0 heterocycles. The average Bonchev–Trinajstić information content (AvgIpc) is 3.21. The van der Waals surface area contributed by atoms with Gasteiger partial charge in [0.25, 0.3) is 0 Å². The number of benzene rings is 5. The van der Waals surface area contributed by atoms with Crippen LogP contribution in [-0.4, -0.2) is 18.5 Å². The van der Waals surface area contributed by atoms with Gasteiger partial charge in [-0.25, -0.2) is 0 Å². The minimum absolute atomic E-state index is 0.141. The number of esters is 2. The first-order chi connectivity index (χ1) is 25.7. The Morgan fingerprint density at radius 1 is 0.423 bits per heavy atom. The molecule has 5 aromatic carbocycles. The maximum absolute atomic E-state index is 13.0. The molecule has 0 aliphatic rings. The van der Waals surface area contributed by atoms with Gasteiger partial charge in [-0.3, -0.25) is 9.59 Å². The molecule has 5 heteroatoms. The number of hydrogen-bond donors (Lipinski definition) is 0. The van der Waals surface area contributed by atoms with E-state index in [1.54, 1.807) is 0 Å². The van der Waals surface area contributed by atoms with Gasteiger partial charge in [-0.05, 0) is 40.7 Å². The van der Waals surface area contributed by atoms with Gasteiger partial charge >= 0.3 is 11.9 Å². The van der Waals surface area contributed by atoms with E-state index in [-0.39, 0.29) is 13.2 Å². The molecule has 0 N–H and O–H groups in total. The van der Waals surface area contributed by atoms with Crippen LogP contribution in [0.4, 0.5) is 0 Å². The molecule has 5 aromatic rings. The van der Waals surface area contributed by atoms with Crippen LogP contribution in [0, 0.1) is 5.92 Å². The van der Waals surface area contributed by atoms with E-state index in [1.165, 1.54) is 19.3 Å². The van der Waals surface area contributed by atoms with Gasteiger partial charge in [0, 0.05) is 6.61 Å². The van der Waals surface area contributed by atoms with Gasteiger partial charge in [0.15, 0.2) is 5.92 Å². The minimum Gasteiger partial charge on any atom is -0.460 e. The fourth-order valence-electron chi connectivity index (χ4n) is 6.67. The van der Waals surface area contributed by atoms with E-state index in [4.69, 9.17) is 14.2 Å².